The molecule has 0 radical (unpaired) electrons. The number of methoxy groups -OCH3 is 1. The fourth-order valence-electron chi connectivity index (χ4n) is 2.51. The van der Waals surface area contributed by atoms with Gasteiger partial charge in [-0.1, -0.05) is 0 Å². The molecular formula is C15H9F2N3O5. The molecule has 10 heteroatoms. The fourth-order valence-corrected chi connectivity index (χ4v) is 2.51. The highest BCUT2D eigenvalue weighted by Gasteiger charge is 2.32. The number of benzene rings is 1. The lowest BCUT2D eigenvalue weighted by molar-refractivity contribution is 0.0594. The first-order valence-electron chi connectivity index (χ1n) is 6.75. The van der Waals surface area contributed by atoms with Crippen LogP contribution in [0.2, 0.25) is 0 Å². The lowest BCUT2D eigenvalue weighted by Gasteiger charge is -2.13. The lowest BCUT2D eigenvalue weighted by atomic mass is 10.1. The van der Waals surface area contributed by atoms with Gasteiger partial charge in [0.05, 0.1) is 29.5 Å². The summed E-state index contributed by atoms with van der Waals surface area (Å²) in [5, 5.41) is 1.95. The number of imide groups is 1. The van der Waals surface area contributed by atoms with Crippen molar-refractivity contribution in [3.63, 3.8) is 0 Å². The Morgan fingerprint density at radius 2 is 1.84 bits per heavy atom. The van der Waals surface area contributed by atoms with Gasteiger partial charge in [0.1, 0.15) is 5.82 Å². The summed E-state index contributed by atoms with van der Waals surface area (Å²) in [6, 6.07) is 2.63. The minimum absolute atomic E-state index is 0.254. The Hall–Kier alpha value is -3.56. The van der Waals surface area contributed by atoms with Crippen molar-refractivity contribution in [1.82, 2.24) is 9.88 Å². The predicted molar refractivity (Wildman–Crippen MR) is 79.5 cm³/mol. The number of hydrogen-bond acceptors (Lipinski definition) is 6. The monoisotopic (exact) mass is 349 g/mol. The van der Waals surface area contributed by atoms with Gasteiger partial charge in [0.2, 0.25) is 0 Å². The Morgan fingerprint density at radius 3 is 2.48 bits per heavy atom. The van der Waals surface area contributed by atoms with Crippen LogP contribution in [0.15, 0.2) is 23.0 Å². The van der Waals surface area contributed by atoms with E-state index in [2.05, 4.69) is 4.74 Å². The van der Waals surface area contributed by atoms with Crippen LogP contribution in [0.1, 0.15) is 31.1 Å². The van der Waals surface area contributed by atoms with E-state index in [0.29, 0.717) is 4.57 Å². The van der Waals surface area contributed by atoms with Crippen molar-refractivity contribution in [2.24, 2.45) is 0 Å². The predicted octanol–water partition coefficient (Wildman–Crippen LogP) is 0.368. The number of esters is 1. The first-order valence-corrected chi connectivity index (χ1v) is 6.75. The summed E-state index contributed by atoms with van der Waals surface area (Å²) in [4.78, 5) is 46.9. The highest BCUT2D eigenvalue weighted by atomic mass is 19.2. The molecule has 1 aromatic carbocycles. The molecule has 0 unspecified atom stereocenters. The number of rotatable bonds is 2. The number of aromatic nitrogens is 1. The van der Waals surface area contributed by atoms with Gasteiger partial charge in [0.25, 0.3) is 17.4 Å². The van der Waals surface area contributed by atoms with E-state index in [1.165, 1.54) is 0 Å². The number of ether oxygens (including phenoxy) is 1. The molecule has 0 saturated carbocycles. The maximum absolute atomic E-state index is 14.4. The molecule has 2 aromatic rings. The molecule has 3 rings (SSSR count). The molecule has 0 fully saturated rings. The zero-order valence-electron chi connectivity index (χ0n) is 12.6. The first-order chi connectivity index (χ1) is 11.8. The van der Waals surface area contributed by atoms with E-state index in [1.807, 2.05) is 5.32 Å². The number of pyridine rings is 1. The van der Waals surface area contributed by atoms with E-state index in [1.54, 1.807) is 0 Å². The quantitative estimate of drug-likeness (QED) is 0.597. The van der Waals surface area contributed by atoms with Gasteiger partial charge in [-0.2, -0.15) is 0 Å². The average molecular weight is 349 g/mol. The number of nitrogens with zero attached hydrogens (tertiary/aromatic N) is 1. The summed E-state index contributed by atoms with van der Waals surface area (Å²) in [6.45, 7) is 0. The summed E-state index contributed by atoms with van der Waals surface area (Å²) < 4.78 is 33.3. The molecule has 0 aliphatic carbocycles. The van der Waals surface area contributed by atoms with E-state index in [4.69, 9.17) is 5.73 Å². The molecule has 0 spiro atoms. The van der Waals surface area contributed by atoms with Crippen LogP contribution in [0.4, 0.5) is 14.6 Å². The van der Waals surface area contributed by atoms with Crippen LogP contribution < -0.4 is 16.6 Å². The van der Waals surface area contributed by atoms with Crippen molar-refractivity contribution in [1.29, 1.82) is 0 Å². The SMILES string of the molecule is COC(=O)c1ccc(-n2c(N)c3c(cc2=O)C(=O)NC3=O)c(F)c1F. The first kappa shape index (κ1) is 16.3. The second kappa shape index (κ2) is 5.51. The van der Waals surface area contributed by atoms with Crippen molar-refractivity contribution in [2.45, 2.75) is 0 Å². The molecule has 2 heterocycles. The zero-order valence-corrected chi connectivity index (χ0v) is 12.6. The van der Waals surface area contributed by atoms with Gasteiger partial charge < -0.3 is 10.5 Å². The lowest BCUT2D eigenvalue weighted by Crippen LogP contribution is -2.25. The summed E-state index contributed by atoms with van der Waals surface area (Å²) in [5.74, 6) is -6.41. The van der Waals surface area contributed by atoms with Gasteiger partial charge in [-0.15, -0.1) is 0 Å². The Labute approximate surface area is 137 Å². The molecule has 128 valence electrons. The maximum Gasteiger partial charge on any atom is 0.340 e. The smallest absolute Gasteiger partial charge is 0.340 e. The standard InChI is InChI=1S/C15H9F2N3O5/c1-25-15(24)5-2-3-7(11(17)10(5)16)20-8(21)4-6-9(12(20)18)14(23)19-13(6)22/h2-4H,18H2,1H3,(H,19,22,23). The summed E-state index contributed by atoms with van der Waals surface area (Å²) in [6.07, 6.45) is 0. The molecule has 1 aliphatic rings. The molecule has 0 saturated heterocycles. The molecule has 8 nitrogen and oxygen atoms in total. The number of carbonyl (C=O) groups excluding carboxylic acids is 3. The number of hydrogen-bond donors (Lipinski definition) is 2. The fraction of sp³-hybridized carbons (Fsp3) is 0.0667. The molecule has 0 atom stereocenters. The van der Waals surface area contributed by atoms with Crippen molar-refractivity contribution >= 4 is 23.6 Å². The Bertz CT molecular complexity index is 1030. The van der Waals surface area contributed by atoms with E-state index >= 15 is 0 Å². The van der Waals surface area contributed by atoms with Crippen LogP contribution in [0.25, 0.3) is 5.69 Å². The van der Waals surface area contributed by atoms with Gasteiger partial charge in [0, 0.05) is 6.07 Å². The van der Waals surface area contributed by atoms with Crippen molar-refractivity contribution < 1.29 is 27.9 Å². The van der Waals surface area contributed by atoms with E-state index in [-0.39, 0.29) is 11.1 Å². The van der Waals surface area contributed by atoms with Crippen LogP contribution in [0, 0.1) is 11.6 Å². The van der Waals surface area contributed by atoms with Gasteiger partial charge in [-0.25, -0.2) is 13.6 Å². The van der Waals surface area contributed by atoms with Gasteiger partial charge >= 0.3 is 5.97 Å². The molecule has 25 heavy (non-hydrogen) atoms. The third kappa shape index (κ3) is 2.26. The van der Waals surface area contributed by atoms with Crippen molar-refractivity contribution in [3.8, 4) is 5.69 Å². The third-order valence-corrected chi connectivity index (χ3v) is 3.66. The number of nitrogen functional groups attached to an aromatic ring is 1. The molecular weight excluding hydrogens is 340 g/mol. The van der Waals surface area contributed by atoms with Gasteiger partial charge in [0.15, 0.2) is 11.6 Å². The topological polar surface area (TPSA) is 120 Å². The van der Waals surface area contributed by atoms with Gasteiger partial charge in [-0.3, -0.25) is 24.3 Å². The van der Waals surface area contributed by atoms with Crippen molar-refractivity contribution in [3.05, 3.63) is 56.9 Å². The van der Waals surface area contributed by atoms with Crippen LogP contribution in [-0.2, 0) is 4.74 Å². The van der Waals surface area contributed by atoms with E-state index < -0.39 is 52.0 Å². The Balaban J connectivity index is 2.29. The highest BCUT2D eigenvalue weighted by Crippen LogP contribution is 2.26. The minimum Gasteiger partial charge on any atom is -0.465 e. The number of fused-ring (bicyclic) bond motifs is 1. The van der Waals surface area contributed by atoms with Crippen LogP contribution >= 0.6 is 0 Å². The van der Waals surface area contributed by atoms with E-state index in [0.717, 1.165) is 25.3 Å². The normalized spacial score (nSPS) is 12.8. The highest BCUT2D eigenvalue weighted by molar-refractivity contribution is 6.23. The second-order valence-corrected chi connectivity index (χ2v) is 5.03. The number of carbonyl (C=O) groups is 3. The number of nitrogens with two attached hydrogens (primary N) is 1. The zero-order chi connectivity index (χ0) is 18.5. The average Bonchev–Trinajstić information content (AvgIpc) is 2.85. The van der Waals surface area contributed by atoms with Crippen LogP contribution in [0.5, 0.6) is 0 Å². The molecule has 1 aliphatic heterocycles. The number of halogens is 2. The Kier molecular flexibility index (Phi) is 3.59. The minimum atomic E-state index is -1.54. The maximum atomic E-state index is 14.4. The summed E-state index contributed by atoms with van der Waals surface area (Å²) in [7, 11) is 0.992. The van der Waals surface area contributed by atoms with Gasteiger partial charge in [-0.05, 0) is 12.1 Å². The van der Waals surface area contributed by atoms with Crippen molar-refractivity contribution in [2.75, 3.05) is 12.8 Å². The summed E-state index contributed by atoms with van der Waals surface area (Å²) >= 11 is 0. The number of nitrogens with one attached hydrogen (secondary N) is 1. The Morgan fingerprint density at radius 1 is 1.16 bits per heavy atom. The second-order valence-electron chi connectivity index (χ2n) is 5.03. The van der Waals surface area contributed by atoms with E-state index in [9.17, 15) is 28.0 Å². The number of anilines is 1. The third-order valence-electron chi connectivity index (χ3n) is 3.66. The molecule has 2 amide bonds. The number of amides is 2. The van der Waals surface area contributed by atoms with Crippen LogP contribution in [0.3, 0.4) is 0 Å². The largest absolute Gasteiger partial charge is 0.465 e. The summed E-state index contributed by atoms with van der Waals surface area (Å²) in [5.41, 5.74) is 2.91. The molecule has 1 aromatic heterocycles. The molecule has 0 bridgehead atoms. The van der Waals surface area contributed by atoms with Crippen LogP contribution in [-0.4, -0.2) is 29.5 Å². The molecule has 3 N–H and O–H groups in total.